The first-order valence-electron chi connectivity index (χ1n) is 8.59. The number of carbonyl (C=O) groups excluding carboxylic acids is 2. The Bertz CT molecular complexity index is 580. The number of likely N-dealkylation sites (tertiary alicyclic amines) is 1. The molecule has 0 N–H and O–H groups in total. The minimum atomic E-state index is -1.87. The van der Waals surface area contributed by atoms with Crippen molar-refractivity contribution in [1.82, 2.24) is 4.90 Å². The van der Waals surface area contributed by atoms with Crippen LogP contribution in [-0.4, -0.2) is 50.5 Å². The van der Waals surface area contributed by atoms with Gasteiger partial charge in [0.25, 0.3) is 0 Å². The molecule has 1 fully saturated rings. The number of rotatable bonds is 6. The lowest BCUT2D eigenvalue weighted by atomic mass is 10.1. The van der Waals surface area contributed by atoms with Gasteiger partial charge in [-0.25, -0.2) is 0 Å². The average molecular weight is 348 g/mol. The van der Waals surface area contributed by atoms with Gasteiger partial charge in [0.15, 0.2) is 14.1 Å². The van der Waals surface area contributed by atoms with Crippen molar-refractivity contribution < 1.29 is 14.0 Å². The summed E-state index contributed by atoms with van der Waals surface area (Å²) in [7, 11) is -1.87. The second kappa shape index (κ2) is 7.29. The molecular formula is C19H29NO3Si. The fourth-order valence-corrected chi connectivity index (χ4v) is 4.15. The fraction of sp³-hybridized carbons (Fsp3) is 0.579. The molecule has 1 heterocycles. The molecule has 0 unspecified atom stereocenters. The van der Waals surface area contributed by atoms with E-state index in [1.54, 1.807) is 0 Å². The molecule has 2 rings (SSSR count). The largest absolute Gasteiger partial charge is 0.413 e. The summed E-state index contributed by atoms with van der Waals surface area (Å²) >= 11 is 0. The molecule has 1 aromatic carbocycles. The van der Waals surface area contributed by atoms with Crippen molar-refractivity contribution in [1.29, 1.82) is 0 Å². The molecule has 0 saturated carbocycles. The number of Topliss-reactive ketones (excluding diaryl/α,β-unsaturated/α-hetero) is 1. The summed E-state index contributed by atoms with van der Waals surface area (Å²) in [6.45, 7) is 12.0. The third-order valence-electron chi connectivity index (χ3n) is 5.28. The molecule has 0 aromatic heterocycles. The van der Waals surface area contributed by atoms with E-state index in [4.69, 9.17) is 4.43 Å². The molecule has 24 heavy (non-hydrogen) atoms. The highest BCUT2D eigenvalue weighted by Gasteiger charge is 2.42. The predicted molar refractivity (Wildman–Crippen MR) is 98.9 cm³/mol. The maximum absolute atomic E-state index is 12.4. The van der Waals surface area contributed by atoms with Crippen molar-refractivity contribution in [3.8, 4) is 0 Å². The number of benzene rings is 1. The van der Waals surface area contributed by atoms with Gasteiger partial charge in [-0.1, -0.05) is 51.1 Å². The summed E-state index contributed by atoms with van der Waals surface area (Å²) in [5, 5.41) is 0.136. The Labute approximate surface area is 146 Å². The molecule has 1 aliphatic rings. The van der Waals surface area contributed by atoms with Gasteiger partial charge in [0, 0.05) is 12.1 Å². The van der Waals surface area contributed by atoms with Gasteiger partial charge in [0.05, 0.1) is 18.7 Å². The first-order chi connectivity index (χ1) is 11.1. The molecule has 0 spiro atoms. The molecular weight excluding hydrogens is 318 g/mol. The van der Waals surface area contributed by atoms with E-state index in [1.807, 2.05) is 35.2 Å². The van der Waals surface area contributed by atoms with E-state index in [2.05, 4.69) is 33.9 Å². The quantitative estimate of drug-likeness (QED) is 0.449. The molecule has 2 atom stereocenters. The molecule has 0 aliphatic carbocycles. The summed E-state index contributed by atoms with van der Waals surface area (Å²) in [6.07, 6.45) is 1.66. The van der Waals surface area contributed by atoms with Crippen molar-refractivity contribution in [3.63, 3.8) is 0 Å². The molecule has 132 valence electrons. The first-order valence-corrected chi connectivity index (χ1v) is 11.5. The zero-order valence-electron chi connectivity index (χ0n) is 15.4. The van der Waals surface area contributed by atoms with Crippen molar-refractivity contribution in [3.05, 3.63) is 35.9 Å². The van der Waals surface area contributed by atoms with Crippen LogP contribution in [0.3, 0.4) is 0 Å². The van der Waals surface area contributed by atoms with Gasteiger partial charge < -0.3 is 9.22 Å². The van der Waals surface area contributed by atoms with Gasteiger partial charge in [-0.15, -0.1) is 0 Å². The van der Waals surface area contributed by atoms with Crippen LogP contribution in [0.2, 0.25) is 18.1 Å². The Hall–Kier alpha value is -1.30. The Kier molecular flexibility index (Phi) is 5.78. The van der Waals surface area contributed by atoms with Gasteiger partial charge in [0.2, 0.25) is 0 Å². The van der Waals surface area contributed by atoms with Gasteiger partial charge in [0.1, 0.15) is 6.29 Å². The highest BCUT2D eigenvalue weighted by Crippen LogP contribution is 2.38. The van der Waals surface area contributed by atoms with Crippen molar-refractivity contribution in [2.45, 2.75) is 57.5 Å². The van der Waals surface area contributed by atoms with Crippen LogP contribution in [0, 0.1) is 0 Å². The minimum Gasteiger partial charge on any atom is -0.413 e. The van der Waals surface area contributed by atoms with Crippen LogP contribution in [0.25, 0.3) is 0 Å². The van der Waals surface area contributed by atoms with E-state index in [9.17, 15) is 9.59 Å². The number of ketones is 1. The van der Waals surface area contributed by atoms with E-state index >= 15 is 0 Å². The third kappa shape index (κ3) is 4.40. The smallest absolute Gasteiger partial charge is 0.192 e. The Morgan fingerprint density at radius 1 is 1.29 bits per heavy atom. The van der Waals surface area contributed by atoms with Gasteiger partial charge in [-0.05, 0) is 24.6 Å². The number of aldehydes is 1. The summed E-state index contributed by atoms with van der Waals surface area (Å²) in [4.78, 5) is 25.8. The Morgan fingerprint density at radius 3 is 2.46 bits per heavy atom. The van der Waals surface area contributed by atoms with Gasteiger partial charge >= 0.3 is 0 Å². The Morgan fingerprint density at radius 2 is 1.92 bits per heavy atom. The van der Waals surface area contributed by atoms with Crippen LogP contribution in [0.1, 0.15) is 37.6 Å². The summed E-state index contributed by atoms with van der Waals surface area (Å²) < 4.78 is 6.44. The second-order valence-corrected chi connectivity index (χ2v) is 12.9. The van der Waals surface area contributed by atoms with Crippen LogP contribution >= 0.6 is 0 Å². The highest BCUT2D eigenvalue weighted by molar-refractivity contribution is 6.74. The molecule has 1 saturated heterocycles. The minimum absolute atomic E-state index is 0.0321. The maximum atomic E-state index is 12.4. The first kappa shape index (κ1) is 19.0. The zero-order chi connectivity index (χ0) is 18.0. The van der Waals surface area contributed by atoms with Gasteiger partial charge in [-0.2, -0.15) is 0 Å². The topological polar surface area (TPSA) is 46.6 Å². The molecule has 0 amide bonds. The number of hydrogen-bond donors (Lipinski definition) is 0. The normalized spacial score (nSPS) is 22.5. The molecule has 4 nitrogen and oxygen atoms in total. The summed E-state index contributed by atoms with van der Waals surface area (Å²) in [6, 6.07) is 9.02. The van der Waals surface area contributed by atoms with Crippen LogP contribution in [0.4, 0.5) is 0 Å². The second-order valence-electron chi connectivity index (χ2n) is 8.16. The van der Waals surface area contributed by atoms with E-state index in [0.717, 1.165) is 6.29 Å². The lowest BCUT2D eigenvalue weighted by molar-refractivity contribution is -0.111. The van der Waals surface area contributed by atoms with Crippen LogP contribution in [-0.2, 0) is 9.22 Å². The Balaban J connectivity index is 2.02. The van der Waals surface area contributed by atoms with Crippen molar-refractivity contribution >= 4 is 20.4 Å². The standard InChI is InChI=1S/C19H29NO3Si/c1-19(2,3)24(4,5)23-17-11-16(14-21)20(12-17)13-18(22)15-9-7-6-8-10-15/h6-10,14,16-17H,11-13H2,1-5H3/t16-,17+/m1/s1. The summed E-state index contributed by atoms with van der Waals surface area (Å²) in [5.74, 6) is 0.0513. The molecule has 1 aliphatic heterocycles. The fourth-order valence-electron chi connectivity index (χ4n) is 2.79. The number of nitrogens with zero attached hydrogens (tertiary/aromatic N) is 1. The lowest BCUT2D eigenvalue weighted by Crippen LogP contribution is -2.44. The SMILES string of the molecule is CC(C)(C)[Si](C)(C)O[C@H]1C[C@H](C=O)N(CC(=O)c2ccccc2)C1. The van der Waals surface area contributed by atoms with Crippen LogP contribution < -0.4 is 0 Å². The zero-order valence-corrected chi connectivity index (χ0v) is 16.4. The number of hydrogen-bond acceptors (Lipinski definition) is 4. The molecule has 0 bridgehead atoms. The highest BCUT2D eigenvalue weighted by atomic mass is 28.4. The molecule has 0 radical (unpaired) electrons. The predicted octanol–water partition coefficient (Wildman–Crippen LogP) is 3.53. The third-order valence-corrected chi connectivity index (χ3v) is 9.81. The van der Waals surface area contributed by atoms with E-state index in [0.29, 0.717) is 18.5 Å². The average Bonchev–Trinajstić information content (AvgIpc) is 2.87. The molecule has 1 aromatic rings. The molecule has 5 heteroatoms. The van der Waals surface area contributed by atoms with Crippen molar-refractivity contribution in [2.75, 3.05) is 13.1 Å². The maximum Gasteiger partial charge on any atom is 0.192 e. The van der Waals surface area contributed by atoms with E-state index in [-0.39, 0.29) is 29.5 Å². The van der Waals surface area contributed by atoms with E-state index < -0.39 is 8.32 Å². The summed E-state index contributed by atoms with van der Waals surface area (Å²) in [5.41, 5.74) is 0.691. The van der Waals surface area contributed by atoms with Gasteiger partial charge in [-0.3, -0.25) is 9.69 Å². The lowest BCUT2D eigenvalue weighted by Gasteiger charge is -2.38. The van der Waals surface area contributed by atoms with Crippen molar-refractivity contribution in [2.24, 2.45) is 0 Å². The van der Waals surface area contributed by atoms with Crippen LogP contribution in [0.5, 0.6) is 0 Å². The van der Waals surface area contributed by atoms with E-state index in [1.165, 1.54) is 0 Å². The van der Waals surface area contributed by atoms with Crippen LogP contribution in [0.15, 0.2) is 30.3 Å². The monoisotopic (exact) mass is 347 g/mol. The number of carbonyl (C=O) groups is 2.